The van der Waals surface area contributed by atoms with Crippen molar-refractivity contribution < 1.29 is 14.1 Å². The molecule has 1 amide bonds. The highest BCUT2D eigenvalue weighted by atomic mass is 16.6. The minimum absolute atomic E-state index is 0.0109. The van der Waals surface area contributed by atoms with Gasteiger partial charge in [-0.3, -0.25) is 4.99 Å². The Morgan fingerprint density at radius 2 is 2.04 bits per heavy atom. The first-order chi connectivity index (χ1) is 13.0. The molecule has 0 fully saturated rings. The Labute approximate surface area is 168 Å². The minimum Gasteiger partial charge on any atom is -0.444 e. The van der Waals surface area contributed by atoms with E-state index in [9.17, 15) is 4.79 Å². The van der Waals surface area contributed by atoms with Crippen molar-refractivity contribution in [1.82, 2.24) is 25.7 Å². The largest absolute Gasteiger partial charge is 0.444 e. The predicted octanol–water partition coefficient (Wildman–Crippen LogP) is 2.37. The van der Waals surface area contributed by atoms with Crippen LogP contribution in [0, 0.1) is 12.8 Å². The van der Waals surface area contributed by atoms with Gasteiger partial charge in [0, 0.05) is 39.6 Å². The Morgan fingerprint density at radius 3 is 2.54 bits per heavy atom. The van der Waals surface area contributed by atoms with Crippen molar-refractivity contribution in [3.8, 4) is 0 Å². The maximum Gasteiger partial charge on any atom is 0.407 e. The van der Waals surface area contributed by atoms with Crippen molar-refractivity contribution in [1.29, 1.82) is 0 Å². The summed E-state index contributed by atoms with van der Waals surface area (Å²) in [5, 5.41) is 10.0. The van der Waals surface area contributed by atoms with Crippen LogP contribution in [-0.4, -0.2) is 65.9 Å². The van der Waals surface area contributed by atoms with Gasteiger partial charge in [-0.05, 0) is 40.0 Å². The second kappa shape index (κ2) is 10.9. The van der Waals surface area contributed by atoms with E-state index >= 15 is 0 Å². The summed E-state index contributed by atoms with van der Waals surface area (Å²) in [6.07, 6.45) is 1.02. The highest BCUT2D eigenvalue weighted by molar-refractivity contribution is 5.79. The average Bonchev–Trinajstić information content (AvgIpc) is 2.98. The molecular weight excluding hydrogens is 360 g/mol. The maximum atomic E-state index is 12.1. The number of aromatic nitrogens is 2. The topological polar surface area (TPSA) is 105 Å². The lowest BCUT2D eigenvalue weighted by Crippen LogP contribution is -2.45. The smallest absolute Gasteiger partial charge is 0.407 e. The lowest BCUT2D eigenvalue weighted by atomic mass is 10.0. The zero-order chi connectivity index (χ0) is 21.3. The van der Waals surface area contributed by atoms with E-state index in [1.54, 1.807) is 14.0 Å². The number of aliphatic imine (C=N–C) groups is 1. The molecule has 0 aliphatic heterocycles. The molecule has 0 aliphatic carbocycles. The number of nitrogens with one attached hydrogen (secondary N) is 2. The molecule has 0 aromatic carbocycles. The lowest BCUT2D eigenvalue weighted by molar-refractivity contribution is 0.0486. The molecule has 0 saturated heterocycles. The monoisotopic (exact) mass is 396 g/mol. The van der Waals surface area contributed by atoms with Gasteiger partial charge < -0.3 is 24.8 Å². The van der Waals surface area contributed by atoms with E-state index in [0.29, 0.717) is 24.7 Å². The molecule has 1 rings (SSSR count). The summed E-state index contributed by atoms with van der Waals surface area (Å²) in [6, 6.07) is 0.0109. The Hall–Kier alpha value is -2.32. The van der Waals surface area contributed by atoms with Gasteiger partial charge in [-0.1, -0.05) is 19.0 Å². The van der Waals surface area contributed by atoms with Crippen LogP contribution in [0.2, 0.25) is 0 Å². The number of nitrogens with zero attached hydrogens (tertiary/aromatic N) is 4. The molecule has 28 heavy (non-hydrogen) atoms. The number of hydrogen-bond donors (Lipinski definition) is 2. The van der Waals surface area contributed by atoms with Crippen molar-refractivity contribution in [2.24, 2.45) is 10.9 Å². The van der Waals surface area contributed by atoms with E-state index in [1.807, 2.05) is 32.7 Å². The van der Waals surface area contributed by atoms with Crippen LogP contribution in [0.4, 0.5) is 4.79 Å². The standard InChI is InChI=1S/C19H36N6O3/c1-13(2)15(23-18(26)27-19(4,5)6)10-12-25(8)17(20-7)21-11-9-16-22-14(3)24-28-16/h13,15H,9-12H2,1-8H3,(H,20,21)(H,23,26). The van der Waals surface area contributed by atoms with Crippen LogP contribution in [0.25, 0.3) is 0 Å². The summed E-state index contributed by atoms with van der Waals surface area (Å²) in [4.78, 5) is 22.6. The molecule has 1 aromatic heterocycles. The van der Waals surface area contributed by atoms with Crippen molar-refractivity contribution in [2.45, 2.75) is 66.0 Å². The van der Waals surface area contributed by atoms with E-state index in [1.165, 1.54) is 0 Å². The summed E-state index contributed by atoms with van der Waals surface area (Å²) in [5.74, 6) is 2.30. The third kappa shape index (κ3) is 9.05. The summed E-state index contributed by atoms with van der Waals surface area (Å²) in [7, 11) is 3.71. The van der Waals surface area contributed by atoms with Crippen LogP contribution in [0.15, 0.2) is 9.52 Å². The molecule has 1 aromatic rings. The predicted molar refractivity (Wildman–Crippen MR) is 109 cm³/mol. The molecule has 1 heterocycles. The fourth-order valence-electron chi connectivity index (χ4n) is 2.58. The lowest BCUT2D eigenvalue weighted by Gasteiger charge is -2.28. The van der Waals surface area contributed by atoms with Crippen LogP contribution in [0.5, 0.6) is 0 Å². The van der Waals surface area contributed by atoms with Gasteiger partial charge in [0.05, 0.1) is 0 Å². The van der Waals surface area contributed by atoms with Gasteiger partial charge >= 0.3 is 6.09 Å². The molecule has 9 nitrogen and oxygen atoms in total. The van der Waals surface area contributed by atoms with E-state index in [4.69, 9.17) is 9.26 Å². The second-order valence-electron chi connectivity index (χ2n) is 8.17. The van der Waals surface area contributed by atoms with Crippen LogP contribution in [0.1, 0.15) is 52.8 Å². The summed E-state index contributed by atoms with van der Waals surface area (Å²) in [5.41, 5.74) is -0.509. The van der Waals surface area contributed by atoms with Crippen molar-refractivity contribution in [3.05, 3.63) is 11.7 Å². The SMILES string of the molecule is CN=C(NCCc1nc(C)no1)N(C)CCC(NC(=O)OC(C)(C)C)C(C)C. The van der Waals surface area contributed by atoms with Crippen LogP contribution < -0.4 is 10.6 Å². The normalized spacial score (nSPS) is 13.4. The average molecular weight is 397 g/mol. The molecule has 0 saturated carbocycles. The number of aryl methyl sites for hydroxylation is 1. The van der Waals surface area contributed by atoms with E-state index in [2.05, 4.69) is 39.6 Å². The Balaban J connectivity index is 2.47. The Bertz CT molecular complexity index is 636. The third-order valence-electron chi connectivity index (χ3n) is 4.05. The number of amides is 1. The first kappa shape index (κ1) is 23.7. The second-order valence-corrected chi connectivity index (χ2v) is 8.17. The minimum atomic E-state index is -0.509. The molecule has 0 spiro atoms. The molecule has 9 heteroatoms. The highest BCUT2D eigenvalue weighted by Crippen LogP contribution is 2.11. The van der Waals surface area contributed by atoms with Crippen molar-refractivity contribution >= 4 is 12.1 Å². The number of alkyl carbamates (subject to hydrolysis) is 1. The first-order valence-corrected chi connectivity index (χ1v) is 9.72. The Kier molecular flexibility index (Phi) is 9.21. The van der Waals surface area contributed by atoms with E-state index < -0.39 is 5.60 Å². The molecule has 0 aliphatic rings. The molecule has 1 atom stereocenters. The quantitative estimate of drug-likeness (QED) is 0.513. The zero-order valence-corrected chi connectivity index (χ0v) is 18.5. The summed E-state index contributed by atoms with van der Waals surface area (Å²) < 4.78 is 10.5. The van der Waals surface area contributed by atoms with Crippen molar-refractivity contribution in [2.75, 3.05) is 27.2 Å². The van der Waals surface area contributed by atoms with E-state index in [0.717, 1.165) is 18.9 Å². The number of guanidine groups is 1. The maximum absolute atomic E-state index is 12.1. The fraction of sp³-hybridized carbons (Fsp3) is 0.789. The van der Waals surface area contributed by atoms with Crippen molar-refractivity contribution in [3.63, 3.8) is 0 Å². The van der Waals surface area contributed by atoms with Gasteiger partial charge in [-0.15, -0.1) is 0 Å². The number of ether oxygens (including phenoxy) is 1. The molecule has 160 valence electrons. The summed E-state index contributed by atoms with van der Waals surface area (Å²) in [6.45, 7) is 12.9. The highest BCUT2D eigenvalue weighted by Gasteiger charge is 2.22. The molecule has 2 N–H and O–H groups in total. The summed E-state index contributed by atoms with van der Waals surface area (Å²) >= 11 is 0. The van der Waals surface area contributed by atoms with Crippen LogP contribution in [-0.2, 0) is 11.2 Å². The number of carbonyl (C=O) groups excluding carboxylic acids is 1. The van der Waals surface area contributed by atoms with Gasteiger partial charge in [0.15, 0.2) is 11.8 Å². The molecule has 0 radical (unpaired) electrons. The third-order valence-corrected chi connectivity index (χ3v) is 4.05. The molecular formula is C19H36N6O3. The Morgan fingerprint density at radius 1 is 1.36 bits per heavy atom. The number of rotatable bonds is 8. The number of hydrogen-bond acceptors (Lipinski definition) is 6. The first-order valence-electron chi connectivity index (χ1n) is 9.72. The van der Waals surface area contributed by atoms with Crippen LogP contribution in [0.3, 0.4) is 0 Å². The van der Waals surface area contributed by atoms with Gasteiger partial charge in [0.1, 0.15) is 5.60 Å². The van der Waals surface area contributed by atoms with Gasteiger partial charge in [-0.25, -0.2) is 4.79 Å². The van der Waals surface area contributed by atoms with Crippen LogP contribution >= 0.6 is 0 Å². The number of carbonyl (C=O) groups is 1. The van der Waals surface area contributed by atoms with Gasteiger partial charge in [0.2, 0.25) is 5.89 Å². The van der Waals surface area contributed by atoms with Gasteiger partial charge in [0.25, 0.3) is 0 Å². The van der Waals surface area contributed by atoms with Gasteiger partial charge in [-0.2, -0.15) is 4.98 Å². The molecule has 0 bridgehead atoms. The van der Waals surface area contributed by atoms with E-state index in [-0.39, 0.29) is 18.1 Å². The molecule has 1 unspecified atom stereocenters. The fourth-order valence-corrected chi connectivity index (χ4v) is 2.58. The zero-order valence-electron chi connectivity index (χ0n) is 18.5.